The van der Waals surface area contributed by atoms with E-state index < -0.39 is 11.9 Å². The average Bonchev–Trinajstić information content (AvgIpc) is 3.04. The fraction of sp³-hybridized carbons (Fsp3) is 0.250. The summed E-state index contributed by atoms with van der Waals surface area (Å²) in [6.07, 6.45) is 1.03. The quantitative estimate of drug-likeness (QED) is 0.722. The second-order valence-electron chi connectivity index (χ2n) is 4.68. The normalized spacial score (nSPS) is 10.3. The standard InChI is InChI=1S/C16H17NO6/c1-21-5-6-22-13-4-2-3-11(7-13)9-17-15(18)14-8-12(10-23-14)16(19)20/h2-4,7-8,10H,5-6,9H2,1H3,(H,17,18)(H,19,20). The van der Waals surface area contributed by atoms with Gasteiger partial charge in [0.1, 0.15) is 18.6 Å². The second kappa shape index (κ2) is 8.00. The predicted octanol–water partition coefficient (Wildman–Crippen LogP) is 1.93. The Morgan fingerprint density at radius 1 is 1.26 bits per heavy atom. The lowest BCUT2D eigenvalue weighted by Gasteiger charge is -2.08. The molecular weight excluding hydrogens is 302 g/mol. The number of carbonyl (C=O) groups is 2. The van der Waals surface area contributed by atoms with Crippen molar-refractivity contribution in [3.05, 3.63) is 53.5 Å². The second-order valence-corrected chi connectivity index (χ2v) is 4.68. The summed E-state index contributed by atoms with van der Waals surface area (Å²) in [4.78, 5) is 22.7. The van der Waals surface area contributed by atoms with Gasteiger partial charge in [0.15, 0.2) is 5.76 Å². The molecule has 0 saturated carbocycles. The van der Waals surface area contributed by atoms with Gasteiger partial charge in [0.2, 0.25) is 0 Å². The van der Waals surface area contributed by atoms with Crippen LogP contribution in [-0.2, 0) is 11.3 Å². The van der Waals surface area contributed by atoms with Crippen LogP contribution in [0.15, 0.2) is 41.0 Å². The van der Waals surface area contributed by atoms with E-state index in [1.165, 1.54) is 6.07 Å². The van der Waals surface area contributed by atoms with Gasteiger partial charge in [-0.3, -0.25) is 4.79 Å². The minimum Gasteiger partial charge on any atom is -0.491 e. The molecule has 0 spiro atoms. The number of hydrogen-bond donors (Lipinski definition) is 2. The van der Waals surface area contributed by atoms with Gasteiger partial charge in [-0.25, -0.2) is 4.79 Å². The first-order valence-electron chi connectivity index (χ1n) is 6.91. The number of carboxylic acid groups (broad SMARTS) is 1. The summed E-state index contributed by atoms with van der Waals surface area (Å²) in [5, 5.41) is 11.4. The molecule has 0 saturated heterocycles. The molecule has 7 heteroatoms. The van der Waals surface area contributed by atoms with Gasteiger partial charge in [0.25, 0.3) is 5.91 Å². The molecule has 0 atom stereocenters. The number of carbonyl (C=O) groups excluding carboxylic acids is 1. The largest absolute Gasteiger partial charge is 0.491 e. The van der Waals surface area contributed by atoms with Gasteiger partial charge in [0.05, 0.1) is 12.2 Å². The molecule has 1 aromatic heterocycles. The van der Waals surface area contributed by atoms with Crippen LogP contribution in [0.1, 0.15) is 26.5 Å². The predicted molar refractivity (Wildman–Crippen MR) is 80.7 cm³/mol. The number of ether oxygens (including phenoxy) is 2. The third kappa shape index (κ3) is 4.86. The van der Waals surface area contributed by atoms with E-state index in [1.807, 2.05) is 18.2 Å². The van der Waals surface area contributed by atoms with Gasteiger partial charge in [-0.1, -0.05) is 12.1 Å². The van der Waals surface area contributed by atoms with Crippen LogP contribution in [-0.4, -0.2) is 37.3 Å². The highest BCUT2D eigenvalue weighted by Crippen LogP contribution is 2.14. The van der Waals surface area contributed by atoms with Crippen molar-refractivity contribution >= 4 is 11.9 Å². The van der Waals surface area contributed by atoms with Crippen molar-refractivity contribution in [3.8, 4) is 5.75 Å². The summed E-state index contributed by atoms with van der Waals surface area (Å²) < 4.78 is 15.3. The van der Waals surface area contributed by atoms with Crippen molar-refractivity contribution < 1.29 is 28.6 Å². The summed E-state index contributed by atoms with van der Waals surface area (Å²) in [7, 11) is 1.60. The van der Waals surface area contributed by atoms with Crippen molar-refractivity contribution in [1.82, 2.24) is 5.32 Å². The molecular formula is C16H17NO6. The lowest BCUT2D eigenvalue weighted by molar-refractivity contribution is 0.0696. The summed E-state index contributed by atoms with van der Waals surface area (Å²) >= 11 is 0. The number of amides is 1. The Hall–Kier alpha value is -2.80. The van der Waals surface area contributed by atoms with E-state index in [0.29, 0.717) is 19.0 Å². The third-order valence-electron chi connectivity index (χ3n) is 2.98. The first-order chi connectivity index (χ1) is 11.1. The van der Waals surface area contributed by atoms with Crippen molar-refractivity contribution in [2.75, 3.05) is 20.3 Å². The van der Waals surface area contributed by atoms with E-state index >= 15 is 0 Å². The van der Waals surface area contributed by atoms with Crippen molar-refractivity contribution in [2.45, 2.75) is 6.54 Å². The number of aromatic carboxylic acids is 1. The Labute approximate surface area is 132 Å². The van der Waals surface area contributed by atoms with E-state index in [-0.39, 0.29) is 17.9 Å². The summed E-state index contributed by atoms with van der Waals surface area (Å²) in [6.45, 7) is 1.20. The lowest BCUT2D eigenvalue weighted by Crippen LogP contribution is -2.22. The van der Waals surface area contributed by atoms with Crippen LogP contribution in [0, 0.1) is 0 Å². The molecule has 7 nitrogen and oxygen atoms in total. The number of methoxy groups -OCH3 is 1. The Bertz CT molecular complexity index is 679. The Balaban J connectivity index is 1.90. The summed E-state index contributed by atoms with van der Waals surface area (Å²) in [5.41, 5.74) is 0.780. The van der Waals surface area contributed by atoms with Gasteiger partial charge < -0.3 is 24.3 Å². The highest BCUT2D eigenvalue weighted by atomic mass is 16.5. The number of hydrogen-bond acceptors (Lipinski definition) is 5. The van der Waals surface area contributed by atoms with Crippen LogP contribution in [0.25, 0.3) is 0 Å². The van der Waals surface area contributed by atoms with Crippen LogP contribution in [0.2, 0.25) is 0 Å². The molecule has 0 aliphatic heterocycles. The van der Waals surface area contributed by atoms with E-state index in [4.69, 9.17) is 19.0 Å². The number of benzene rings is 1. The van der Waals surface area contributed by atoms with Gasteiger partial charge in [-0.2, -0.15) is 0 Å². The van der Waals surface area contributed by atoms with E-state index in [1.54, 1.807) is 13.2 Å². The van der Waals surface area contributed by atoms with Crippen molar-refractivity contribution in [2.24, 2.45) is 0 Å². The molecule has 2 aromatic rings. The van der Waals surface area contributed by atoms with Crippen molar-refractivity contribution in [1.29, 1.82) is 0 Å². The minimum absolute atomic E-state index is 0.0464. The molecule has 122 valence electrons. The summed E-state index contributed by atoms with van der Waals surface area (Å²) in [6, 6.07) is 8.46. The molecule has 0 bridgehead atoms. The highest BCUT2D eigenvalue weighted by Gasteiger charge is 2.14. The molecule has 0 unspecified atom stereocenters. The maximum absolute atomic E-state index is 11.9. The van der Waals surface area contributed by atoms with Crippen molar-refractivity contribution in [3.63, 3.8) is 0 Å². The molecule has 0 fully saturated rings. The van der Waals surface area contributed by atoms with E-state index in [2.05, 4.69) is 5.32 Å². The Morgan fingerprint density at radius 2 is 2.09 bits per heavy atom. The Kier molecular flexibility index (Phi) is 5.76. The lowest BCUT2D eigenvalue weighted by atomic mass is 10.2. The van der Waals surface area contributed by atoms with Gasteiger partial charge >= 0.3 is 5.97 Å². The molecule has 1 amide bonds. The molecule has 1 heterocycles. The molecule has 0 aliphatic carbocycles. The number of carboxylic acids is 1. The van der Waals surface area contributed by atoms with Crippen LogP contribution in [0.5, 0.6) is 5.75 Å². The smallest absolute Gasteiger partial charge is 0.338 e. The zero-order chi connectivity index (χ0) is 16.7. The van der Waals surface area contributed by atoms with Crippen LogP contribution >= 0.6 is 0 Å². The topological polar surface area (TPSA) is 98.0 Å². The average molecular weight is 319 g/mol. The van der Waals surface area contributed by atoms with Gasteiger partial charge in [-0.05, 0) is 17.7 Å². The fourth-order valence-electron chi connectivity index (χ4n) is 1.82. The zero-order valence-electron chi connectivity index (χ0n) is 12.6. The van der Waals surface area contributed by atoms with Gasteiger partial charge in [-0.15, -0.1) is 0 Å². The van der Waals surface area contributed by atoms with E-state index in [0.717, 1.165) is 11.8 Å². The van der Waals surface area contributed by atoms with E-state index in [9.17, 15) is 9.59 Å². The number of rotatable bonds is 8. The Morgan fingerprint density at radius 3 is 2.78 bits per heavy atom. The van der Waals surface area contributed by atoms with Gasteiger partial charge in [0, 0.05) is 19.7 Å². The third-order valence-corrected chi connectivity index (χ3v) is 2.98. The maximum Gasteiger partial charge on any atom is 0.338 e. The number of nitrogens with one attached hydrogen (secondary N) is 1. The van der Waals surface area contributed by atoms with Crippen LogP contribution in [0.3, 0.4) is 0 Å². The SMILES string of the molecule is COCCOc1cccc(CNC(=O)c2cc(C(=O)O)co2)c1. The minimum atomic E-state index is -1.14. The zero-order valence-corrected chi connectivity index (χ0v) is 12.6. The molecule has 0 radical (unpaired) electrons. The molecule has 0 aliphatic rings. The van der Waals surface area contributed by atoms with Crippen LogP contribution in [0.4, 0.5) is 0 Å². The molecule has 2 rings (SSSR count). The number of furan rings is 1. The summed E-state index contributed by atoms with van der Waals surface area (Å²) in [5.74, 6) is -0.994. The fourth-order valence-corrected chi connectivity index (χ4v) is 1.82. The molecule has 1 aromatic carbocycles. The van der Waals surface area contributed by atoms with Crippen LogP contribution < -0.4 is 10.1 Å². The highest BCUT2D eigenvalue weighted by molar-refractivity contribution is 5.95. The molecule has 23 heavy (non-hydrogen) atoms. The first-order valence-corrected chi connectivity index (χ1v) is 6.91. The monoisotopic (exact) mass is 319 g/mol. The first kappa shape index (κ1) is 16.6. The molecule has 2 N–H and O–H groups in total. The maximum atomic E-state index is 11.9.